The highest BCUT2D eigenvalue weighted by molar-refractivity contribution is 14.1. The minimum atomic E-state index is -0.300. The molecule has 0 aliphatic carbocycles. The van der Waals surface area contributed by atoms with Crippen LogP contribution in [0.1, 0.15) is 16.7 Å². The second-order valence-corrected chi connectivity index (χ2v) is 11.2. The van der Waals surface area contributed by atoms with Crippen molar-refractivity contribution in [2.24, 2.45) is 0 Å². The number of imide groups is 1. The van der Waals surface area contributed by atoms with Gasteiger partial charge >= 0.3 is 0 Å². The Kier molecular flexibility index (Phi) is 8.43. The summed E-state index contributed by atoms with van der Waals surface area (Å²) in [4.78, 5) is 27.1. The zero-order chi connectivity index (χ0) is 24.2. The van der Waals surface area contributed by atoms with Crippen LogP contribution >= 0.6 is 68.5 Å². The molecule has 9 heteroatoms. The van der Waals surface area contributed by atoms with E-state index in [4.69, 9.17) is 21.1 Å². The number of carbonyl (C=O) groups is 2. The number of nitrogens with zero attached hydrogens (tertiary/aromatic N) is 1. The van der Waals surface area contributed by atoms with Crippen LogP contribution in [0.5, 0.6) is 11.5 Å². The normalized spacial score (nSPS) is 14.7. The Morgan fingerprint density at radius 2 is 1.68 bits per heavy atom. The van der Waals surface area contributed by atoms with Gasteiger partial charge in [-0.25, -0.2) is 0 Å². The molecule has 1 aliphatic heterocycles. The van der Waals surface area contributed by atoms with Crippen molar-refractivity contribution in [3.05, 3.63) is 94.4 Å². The zero-order valence-electron chi connectivity index (χ0n) is 17.9. The Balaban J connectivity index is 1.52. The van der Waals surface area contributed by atoms with Gasteiger partial charge in [-0.2, -0.15) is 0 Å². The molecule has 0 N–H and O–H groups in total. The van der Waals surface area contributed by atoms with Crippen LogP contribution in [0.25, 0.3) is 6.08 Å². The van der Waals surface area contributed by atoms with Gasteiger partial charge in [0, 0.05) is 8.59 Å². The second-order valence-electron chi connectivity index (χ2n) is 7.34. The zero-order valence-corrected chi connectivity index (χ0v) is 23.8. The molecule has 0 unspecified atom stereocenters. The number of carbonyl (C=O) groups excluding carboxylic acids is 2. The van der Waals surface area contributed by atoms with E-state index in [0.29, 0.717) is 28.0 Å². The van der Waals surface area contributed by atoms with Crippen LogP contribution in [0.3, 0.4) is 0 Å². The lowest BCUT2D eigenvalue weighted by Gasteiger charge is -2.14. The topological polar surface area (TPSA) is 55.8 Å². The predicted molar refractivity (Wildman–Crippen MR) is 152 cm³/mol. The summed E-state index contributed by atoms with van der Waals surface area (Å²) in [6, 6.07) is 18.9. The van der Waals surface area contributed by atoms with Crippen molar-refractivity contribution in [3.63, 3.8) is 0 Å². The quantitative estimate of drug-likeness (QED) is 0.189. The molecule has 1 saturated heterocycles. The number of rotatable bonds is 7. The minimum absolute atomic E-state index is 0.247. The summed E-state index contributed by atoms with van der Waals surface area (Å²) < 4.78 is 13.5. The predicted octanol–water partition coefficient (Wildman–Crippen LogP) is 7.37. The molecule has 3 aromatic rings. The van der Waals surface area contributed by atoms with Crippen LogP contribution in [-0.2, 0) is 17.9 Å². The highest BCUT2D eigenvalue weighted by Gasteiger charge is 2.35. The molecule has 0 spiro atoms. The molecule has 34 heavy (non-hydrogen) atoms. The van der Waals surface area contributed by atoms with Crippen LogP contribution in [0, 0.1) is 7.14 Å². The summed E-state index contributed by atoms with van der Waals surface area (Å²) in [6.45, 7) is 0.609. The maximum Gasteiger partial charge on any atom is 0.293 e. The fourth-order valence-electron chi connectivity index (χ4n) is 3.26. The molecule has 0 aromatic heterocycles. The fraction of sp³-hybridized carbons (Fsp3) is 0.120. The van der Waals surface area contributed by atoms with Gasteiger partial charge in [-0.3, -0.25) is 14.5 Å². The van der Waals surface area contributed by atoms with Crippen molar-refractivity contribution in [2.45, 2.75) is 13.2 Å². The van der Waals surface area contributed by atoms with Crippen molar-refractivity contribution >= 4 is 85.8 Å². The lowest BCUT2D eigenvalue weighted by molar-refractivity contribution is -0.123. The molecule has 0 atom stereocenters. The van der Waals surface area contributed by atoms with E-state index < -0.39 is 0 Å². The van der Waals surface area contributed by atoms with Crippen LogP contribution < -0.4 is 9.47 Å². The largest absolute Gasteiger partial charge is 0.493 e. The van der Waals surface area contributed by atoms with Gasteiger partial charge in [0.25, 0.3) is 11.1 Å². The average molecular weight is 718 g/mol. The van der Waals surface area contributed by atoms with Gasteiger partial charge < -0.3 is 9.47 Å². The van der Waals surface area contributed by atoms with E-state index in [-0.39, 0.29) is 17.7 Å². The first kappa shape index (κ1) is 25.3. The first-order valence-electron chi connectivity index (χ1n) is 10.1. The Bertz CT molecular complexity index is 1260. The van der Waals surface area contributed by atoms with Crippen molar-refractivity contribution in [1.82, 2.24) is 4.90 Å². The Hall–Kier alpha value is -1.76. The van der Waals surface area contributed by atoms with Crippen molar-refractivity contribution in [3.8, 4) is 11.5 Å². The molecule has 0 bridgehead atoms. The molecule has 0 saturated carbocycles. The standard InChI is InChI=1S/C25H18ClI2NO4S/c1-32-21-11-17(10-20(28)23(21)33-14-16-2-6-18(26)7-3-16)12-22-24(30)29(25(31)34-22)13-15-4-8-19(27)9-5-15/h2-12H,13-14H2,1H3/b22-12+. The number of hydrogen-bond donors (Lipinski definition) is 0. The Morgan fingerprint density at radius 1 is 1.00 bits per heavy atom. The number of amides is 2. The maximum atomic E-state index is 12.9. The van der Waals surface area contributed by atoms with E-state index in [0.717, 1.165) is 35.6 Å². The third-order valence-corrected chi connectivity index (χ3v) is 7.65. The van der Waals surface area contributed by atoms with Gasteiger partial charge in [0.15, 0.2) is 11.5 Å². The molecule has 174 valence electrons. The van der Waals surface area contributed by atoms with Gasteiger partial charge in [-0.15, -0.1) is 0 Å². The molecule has 4 rings (SSSR count). The number of halogens is 3. The van der Waals surface area contributed by atoms with E-state index >= 15 is 0 Å². The summed E-state index contributed by atoms with van der Waals surface area (Å²) in [5.41, 5.74) is 2.63. The van der Waals surface area contributed by atoms with E-state index in [2.05, 4.69) is 45.2 Å². The lowest BCUT2D eigenvalue weighted by atomic mass is 10.1. The fourth-order valence-corrected chi connectivity index (χ4v) is 5.36. The summed E-state index contributed by atoms with van der Waals surface area (Å²) in [5, 5.41) is 0.391. The van der Waals surface area contributed by atoms with Gasteiger partial charge in [-0.05, 0) is 116 Å². The van der Waals surface area contributed by atoms with Crippen LogP contribution in [0.4, 0.5) is 4.79 Å². The van der Waals surface area contributed by atoms with Gasteiger partial charge in [0.05, 0.1) is 22.1 Å². The number of hydrogen-bond acceptors (Lipinski definition) is 5. The van der Waals surface area contributed by atoms with E-state index in [1.807, 2.05) is 54.6 Å². The van der Waals surface area contributed by atoms with E-state index in [1.54, 1.807) is 19.3 Å². The smallest absolute Gasteiger partial charge is 0.293 e. The molecule has 3 aromatic carbocycles. The minimum Gasteiger partial charge on any atom is -0.493 e. The number of ether oxygens (including phenoxy) is 2. The van der Waals surface area contributed by atoms with Crippen molar-refractivity contribution in [1.29, 1.82) is 0 Å². The number of thioether (sulfide) groups is 1. The summed E-state index contributed by atoms with van der Waals surface area (Å²) >= 11 is 11.3. The molecule has 1 fully saturated rings. The van der Waals surface area contributed by atoms with Crippen molar-refractivity contribution < 1.29 is 19.1 Å². The molecule has 1 aliphatic rings. The molecule has 1 heterocycles. The highest BCUT2D eigenvalue weighted by atomic mass is 127. The number of benzene rings is 3. The third kappa shape index (κ3) is 6.07. The summed E-state index contributed by atoms with van der Waals surface area (Å²) in [7, 11) is 1.57. The highest BCUT2D eigenvalue weighted by Crippen LogP contribution is 2.38. The van der Waals surface area contributed by atoms with E-state index in [1.165, 1.54) is 4.90 Å². The van der Waals surface area contributed by atoms with E-state index in [9.17, 15) is 9.59 Å². The monoisotopic (exact) mass is 717 g/mol. The summed E-state index contributed by atoms with van der Waals surface area (Å²) in [6.07, 6.45) is 1.71. The molecule has 2 amide bonds. The van der Waals surface area contributed by atoms with Crippen molar-refractivity contribution in [2.75, 3.05) is 7.11 Å². The van der Waals surface area contributed by atoms with Crippen LogP contribution in [-0.4, -0.2) is 23.2 Å². The van der Waals surface area contributed by atoms with Gasteiger partial charge in [-0.1, -0.05) is 35.9 Å². The Labute approximate surface area is 234 Å². The second kappa shape index (κ2) is 11.3. The molecular formula is C25H18ClI2NO4S. The SMILES string of the molecule is COc1cc(/C=C2/SC(=O)N(Cc3ccc(I)cc3)C2=O)cc(I)c1OCc1ccc(Cl)cc1. The van der Waals surface area contributed by atoms with Crippen LogP contribution in [0.15, 0.2) is 65.6 Å². The molecular weight excluding hydrogens is 700 g/mol. The third-order valence-electron chi connectivity index (χ3n) is 4.97. The first-order chi connectivity index (χ1) is 16.3. The molecule has 0 radical (unpaired) electrons. The average Bonchev–Trinajstić information content (AvgIpc) is 3.07. The number of methoxy groups -OCH3 is 1. The van der Waals surface area contributed by atoms with Gasteiger partial charge in [0.2, 0.25) is 0 Å². The maximum absolute atomic E-state index is 12.9. The first-order valence-corrected chi connectivity index (χ1v) is 13.4. The van der Waals surface area contributed by atoms with Crippen LogP contribution in [0.2, 0.25) is 5.02 Å². The lowest BCUT2D eigenvalue weighted by Crippen LogP contribution is -2.27. The molecule has 5 nitrogen and oxygen atoms in total. The Morgan fingerprint density at radius 3 is 2.35 bits per heavy atom. The van der Waals surface area contributed by atoms with Gasteiger partial charge in [0.1, 0.15) is 6.61 Å². The summed E-state index contributed by atoms with van der Waals surface area (Å²) in [5.74, 6) is 0.859.